The summed E-state index contributed by atoms with van der Waals surface area (Å²) >= 11 is 1.42. The number of hydrogen-bond acceptors (Lipinski definition) is 5. The molecule has 1 aromatic carbocycles. The molecule has 1 atom stereocenters. The second-order valence-electron chi connectivity index (χ2n) is 7.59. The predicted octanol–water partition coefficient (Wildman–Crippen LogP) is 3.81. The molecule has 8 heteroatoms. The normalized spacial score (nSPS) is 12.4. The first-order chi connectivity index (χ1) is 14.3. The average molecular weight is 431 g/mol. The molecule has 2 heterocycles. The summed E-state index contributed by atoms with van der Waals surface area (Å²) in [5.41, 5.74) is 3.12. The van der Waals surface area contributed by atoms with E-state index in [1.807, 2.05) is 32.0 Å². The van der Waals surface area contributed by atoms with Crippen LogP contribution in [0, 0.1) is 19.7 Å². The minimum Gasteiger partial charge on any atom is -0.391 e. The third-order valence-corrected chi connectivity index (χ3v) is 6.19. The minimum atomic E-state index is -0.282. The summed E-state index contributed by atoms with van der Waals surface area (Å²) in [4.78, 5) is 23.4. The van der Waals surface area contributed by atoms with Crippen LogP contribution in [0.15, 0.2) is 30.3 Å². The molecule has 0 saturated carbocycles. The average Bonchev–Trinajstić information content (AvgIpc) is 3.34. The van der Waals surface area contributed by atoms with Crippen molar-refractivity contribution in [2.24, 2.45) is 0 Å². The van der Waals surface area contributed by atoms with Gasteiger partial charge >= 0.3 is 0 Å². The maximum atomic E-state index is 13.9. The number of aliphatic hydroxyl groups is 1. The zero-order valence-corrected chi connectivity index (χ0v) is 18.4. The van der Waals surface area contributed by atoms with E-state index in [2.05, 4.69) is 15.3 Å². The Morgan fingerprint density at radius 1 is 1.30 bits per heavy atom. The van der Waals surface area contributed by atoms with Crippen molar-refractivity contribution in [2.75, 3.05) is 20.6 Å². The van der Waals surface area contributed by atoms with Crippen LogP contribution in [-0.4, -0.2) is 46.5 Å². The van der Waals surface area contributed by atoms with Crippen LogP contribution in [0.4, 0.5) is 4.39 Å². The van der Waals surface area contributed by atoms with E-state index in [1.54, 1.807) is 25.1 Å². The van der Waals surface area contributed by atoms with Crippen molar-refractivity contribution in [1.29, 1.82) is 0 Å². The van der Waals surface area contributed by atoms with Gasteiger partial charge in [0.1, 0.15) is 16.5 Å². The molecule has 0 radical (unpaired) electrons. The Bertz CT molecular complexity index is 1030. The summed E-state index contributed by atoms with van der Waals surface area (Å²) in [6.45, 7) is 4.28. The van der Waals surface area contributed by atoms with Crippen molar-refractivity contribution >= 4 is 17.2 Å². The van der Waals surface area contributed by atoms with Crippen LogP contribution in [0.5, 0.6) is 0 Å². The topological polar surface area (TPSA) is 81.2 Å². The lowest BCUT2D eigenvalue weighted by Crippen LogP contribution is -2.31. The SMILES string of the molecule is Cc1ccc(-c2ccc(C(=O)NC(CCN(C)C)c3nc(C)c(CO)s3)[nH]2)cc1F. The maximum absolute atomic E-state index is 13.9. The van der Waals surface area contributed by atoms with Crippen molar-refractivity contribution in [2.45, 2.75) is 32.9 Å². The van der Waals surface area contributed by atoms with E-state index in [0.717, 1.165) is 22.1 Å². The smallest absolute Gasteiger partial charge is 0.268 e. The highest BCUT2D eigenvalue weighted by molar-refractivity contribution is 7.11. The Hall–Kier alpha value is -2.55. The van der Waals surface area contributed by atoms with Gasteiger partial charge in [-0.3, -0.25) is 4.79 Å². The molecule has 0 fully saturated rings. The van der Waals surface area contributed by atoms with Gasteiger partial charge in [0, 0.05) is 11.3 Å². The van der Waals surface area contributed by atoms with Crippen molar-refractivity contribution in [3.8, 4) is 11.3 Å². The zero-order valence-electron chi connectivity index (χ0n) is 17.6. The molecule has 1 unspecified atom stereocenters. The summed E-state index contributed by atoms with van der Waals surface area (Å²) in [6, 6.07) is 8.18. The molecular weight excluding hydrogens is 403 g/mol. The number of hydrogen-bond donors (Lipinski definition) is 3. The standard InChI is InChI=1S/C22H27FN4O2S/c1-13-5-6-15(11-16(13)23)17-7-8-18(25-17)21(29)26-19(9-10-27(3)4)22-24-14(2)20(12-28)30-22/h5-8,11,19,25,28H,9-10,12H2,1-4H3,(H,26,29). The fourth-order valence-electron chi connectivity index (χ4n) is 3.08. The number of nitrogens with zero attached hydrogens (tertiary/aromatic N) is 2. The van der Waals surface area contributed by atoms with Crippen LogP contribution < -0.4 is 5.32 Å². The molecule has 2 aromatic heterocycles. The summed E-state index contributed by atoms with van der Waals surface area (Å²) in [5.74, 6) is -0.535. The van der Waals surface area contributed by atoms with Gasteiger partial charge in [0.15, 0.2) is 0 Å². The molecule has 30 heavy (non-hydrogen) atoms. The summed E-state index contributed by atoms with van der Waals surface area (Å²) in [5, 5.41) is 13.3. The van der Waals surface area contributed by atoms with Crippen molar-refractivity contribution in [3.05, 3.63) is 63.0 Å². The van der Waals surface area contributed by atoms with Gasteiger partial charge in [0.2, 0.25) is 0 Å². The van der Waals surface area contributed by atoms with Crippen LogP contribution >= 0.6 is 11.3 Å². The van der Waals surface area contributed by atoms with Gasteiger partial charge in [0.05, 0.1) is 23.2 Å². The lowest BCUT2D eigenvalue weighted by molar-refractivity contribution is 0.0928. The maximum Gasteiger partial charge on any atom is 0.268 e. The molecule has 3 N–H and O–H groups in total. The number of carbonyl (C=O) groups is 1. The van der Waals surface area contributed by atoms with Crippen molar-refractivity contribution in [1.82, 2.24) is 20.2 Å². The summed E-state index contributed by atoms with van der Waals surface area (Å²) in [6.07, 6.45) is 0.688. The van der Waals surface area contributed by atoms with Gasteiger partial charge in [-0.2, -0.15) is 0 Å². The van der Waals surface area contributed by atoms with Crippen LogP contribution in [-0.2, 0) is 6.61 Å². The Morgan fingerprint density at radius 2 is 2.07 bits per heavy atom. The number of halogens is 1. The number of H-pyrrole nitrogens is 1. The number of carbonyl (C=O) groups excluding carboxylic acids is 1. The second kappa shape index (κ2) is 9.51. The molecule has 0 bridgehead atoms. The van der Waals surface area contributed by atoms with Crippen molar-refractivity contribution < 1.29 is 14.3 Å². The van der Waals surface area contributed by atoms with E-state index in [1.165, 1.54) is 17.4 Å². The molecule has 0 aliphatic carbocycles. The number of rotatable bonds is 8. The van der Waals surface area contributed by atoms with E-state index < -0.39 is 0 Å². The Balaban J connectivity index is 1.79. The molecule has 1 amide bonds. The molecule has 3 aromatic rings. The number of aliphatic hydroxyl groups excluding tert-OH is 1. The first-order valence-corrected chi connectivity index (χ1v) is 10.6. The molecule has 0 saturated heterocycles. The van der Waals surface area contributed by atoms with E-state index >= 15 is 0 Å². The molecular formula is C22H27FN4O2S. The molecule has 0 aliphatic rings. The van der Waals surface area contributed by atoms with Crippen LogP contribution in [0.2, 0.25) is 0 Å². The second-order valence-corrected chi connectivity index (χ2v) is 8.70. The Kier molecular flexibility index (Phi) is 7.02. The molecule has 6 nitrogen and oxygen atoms in total. The van der Waals surface area contributed by atoms with Crippen LogP contribution in [0.1, 0.15) is 44.1 Å². The third kappa shape index (κ3) is 5.13. The fourth-order valence-corrected chi connectivity index (χ4v) is 4.10. The van der Waals surface area contributed by atoms with Gasteiger partial charge in [-0.05, 0) is 64.7 Å². The number of aromatic nitrogens is 2. The van der Waals surface area contributed by atoms with E-state index in [4.69, 9.17) is 0 Å². The Morgan fingerprint density at radius 3 is 2.70 bits per heavy atom. The van der Waals surface area contributed by atoms with E-state index in [0.29, 0.717) is 28.9 Å². The predicted molar refractivity (Wildman–Crippen MR) is 117 cm³/mol. The first-order valence-electron chi connectivity index (χ1n) is 9.76. The van der Waals surface area contributed by atoms with Gasteiger partial charge < -0.3 is 20.3 Å². The highest BCUT2D eigenvalue weighted by atomic mass is 32.1. The third-order valence-electron chi connectivity index (χ3n) is 4.93. The number of benzene rings is 1. The highest BCUT2D eigenvalue weighted by Gasteiger charge is 2.21. The van der Waals surface area contributed by atoms with Crippen LogP contribution in [0.3, 0.4) is 0 Å². The Labute approximate surface area is 179 Å². The minimum absolute atomic E-state index is 0.0645. The lowest BCUT2D eigenvalue weighted by atomic mass is 10.1. The highest BCUT2D eigenvalue weighted by Crippen LogP contribution is 2.27. The first kappa shape index (κ1) is 22.1. The van der Waals surface area contributed by atoms with Crippen molar-refractivity contribution in [3.63, 3.8) is 0 Å². The van der Waals surface area contributed by atoms with Gasteiger partial charge in [0.25, 0.3) is 5.91 Å². The number of aromatic amines is 1. The van der Waals surface area contributed by atoms with E-state index in [-0.39, 0.29) is 24.4 Å². The number of amides is 1. The number of nitrogens with one attached hydrogen (secondary N) is 2. The van der Waals surface area contributed by atoms with Gasteiger partial charge in [-0.25, -0.2) is 9.37 Å². The van der Waals surface area contributed by atoms with Gasteiger partial charge in [-0.15, -0.1) is 11.3 Å². The molecule has 160 valence electrons. The molecule has 3 rings (SSSR count). The lowest BCUT2D eigenvalue weighted by Gasteiger charge is -2.18. The zero-order chi connectivity index (χ0) is 21.8. The molecule has 0 spiro atoms. The monoisotopic (exact) mass is 430 g/mol. The largest absolute Gasteiger partial charge is 0.391 e. The quantitative estimate of drug-likeness (QED) is 0.508. The van der Waals surface area contributed by atoms with Crippen LogP contribution in [0.25, 0.3) is 11.3 Å². The van der Waals surface area contributed by atoms with Gasteiger partial charge in [-0.1, -0.05) is 12.1 Å². The summed E-state index contributed by atoms with van der Waals surface area (Å²) in [7, 11) is 3.95. The fraction of sp³-hybridized carbons (Fsp3) is 0.364. The van der Waals surface area contributed by atoms with E-state index in [9.17, 15) is 14.3 Å². The summed E-state index contributed by atoms with van der Waals surface area (Å²) < 4.78 is 13.9. The molecule has 0 aliphatic heterocycles. The number of thiazole rings is 1. The number of aryl methyl sites for hydroxylation is 2.